The molecule has 0 N–H and O–H groups in total. The van der Waals surface area contributed by atoms with Crippen LogP contribution in [0.1, 0.15) is 5.82 Å². The number of benzene rings is 1. The maximum Gasteiger partial charge on any atom is 0.247 e. The Hall–Kier alpha value is -3.18. The summed E-state index contributed by atoms with van der Waals surface area (Å²) in [6.45, 7) is 3.47. The summed E-state index contributed by atoms with van der Waals surface area (Å²) in [5, 5.41) is 4.22. The first-order valence-corrected chi connectivity index (χ1v) is 11.2. The highest BCUT2D eigenvalue weighted by atomic mass is 32.2. The molecule has 4 rings (SSSR count). The first-order chi connectivity index (χ1) is 14.9. The summed E-state index contributed by atoms with van der Waals surface area (Å²) in [6, 6.07) is 8.44. The molecule has 0 unspecified atom stereocenters. The highest BCUT2D eigenvalue weighted by Crippen LogP contribution is 2.31. The van der Waals surface area contributed by atoms with Gasteiger partial charge in [-0.1, -0.05) is 0 Å². The Morgan fingerprint density at radius 2 is 1.71 bits per heavy atom. The Morgan fingerprint density at radius 3 is 2.35 bits per heavy atom. The number of sulfonamides is 1. The van der Waals surface area contributed by atoms with Crippen molar-refractivity contribution in [1.82, 2.24) is 24.1 Å². The lowest BCUT2D eigenvalue weighted by atomic mass is 10.3. The minimum Gasteiger partial charge on any atom is -0.497 e. The Bertz CT molecular complexity index is 1160. The molecule has 0 atom stereocenters. The highest BCUT2D eigenvalue weighted by molar-refractivity contribution is 7.89. The molecule has 11 heteroatoms. The molecule has 1 saturated heterocycles. The summed E-state index contributed by atoms with van der Waals surface area (Å²) in [7, 11) is -0.790. The van der Waals surface area contributed by atoms with Gasteiger partial charge >= 0.3 is 0 Å². The summed E-state index contributed by atoms with van der Waals surface area (Å²) < 4.78 is 40.2. The number of piperazine rings is 1. The Balaban J connectivity index is 1.54. The van der Waals surface area contributed by atoms with Gasteiger partial charge in [0.1, 0.15) is 28.0 Å². The Labute approximate surface area is 181 Å². The van der Waals surface area contributed by atoms with Crippen molar-refractivity contribution in [2.24, 2.45) is 0 Å². The number of ether oxygens (including phenoxy) is 2. The molecule has 1 fully saturated rings. The molecule has 10 nitrogen and oxygen atoms in total. The van der Waals surface area contributed by atoms with E-state index in [1.807, 2.05) is 25.3 Å². The van der Waals surface area contributed by atoms with E-state index in [4.69, 9.17) is 9.47 Å². The van der Waals surface area contributed by atoms with Crippen LogP contribution in [0, 0.1) is 6.92 Å². The fraction of sp³-hybridized carbons (Fsp3) is 0.350. The summed E-state index contributed by atoms with van der Waals surface area (Å²) in [6.07, 6.45) is 3.51. The zero-order valence-electron chi connectivity index (χ0n) is 17.6. The van der Waals surface area contributed by atoms with E-state index in [0.717, 1.165) is 5.82 Å². The summed E-state index contributed by atoms with van der Waals surface area (Å²) >= 11 is 0. The maximum absolute atomic E-state index is 13.3. The second-order valence-electron chi connectivity index (χ2n) is 6.99. The lowest BCUT2D eigenvalue weighted by molar-refractivity contribution is 0.370. The standard InChI is InChI=1S/C20H24N6O4S/c1-15-22-19(14-20(23-15)26-8-4-7-21-26)24-9-11-25(12-10-24)31(27,28)18-13-16(29-2)5-6-17(18)30-3/h4-8,13-14H,9-12H2,1-3H3. The van der Waals surface area contributed by atoms with Crippen LogP contribution in [0.3, 0.4) is 0 Å². The van der Waals surface area contributed by atoms with Crippen molar-refractivity contribution in [3.05, 3.63) is 48.5 Å². The molecular weight excluding hydrogens is 420 g/mol. The van der Waals surface area contributed by atoms with Crippen LogP contribution in [0.25, 0.3) is 5.82 Å². The van der Waals surface area contributed by atoms with Crippen molar-refractivity contribution in [2.45, 2.75) is 11.8 Å². The molecule has 1 aromatic carbocycles. The molecule has 31 heavy (non-hydrogen) atoms. The molecule has 0 saturated carbocycles. The van der Waals surface area contributed by atoms with Gasteiger partial charge in [0.05, 0.1) is 14.2 Å². The second kappa shape index (κ2) is 8.52. The molecule has 0 spiro atoms. The predicted molar refractivity (Wildman–Crippen MR) is 114 cm³/mol. The smallest absolute Gasteiger partial charge is 0.247 e. The van der Waals surface area contributed by atoms with Crippen LogP contribution in [0.15, 0.2) is 47.6 Å². The fourth-order valence-electron chi connectivity index (χ4n) is 3.50. The number of hydrogen-bond acceptors (Lipinski definition) is 8. The van der Waals surface area contributed by atoms with Gasteiger partial charge in [-0.3, -0.25) is 0 Å². The maximum atomic E-state index is 13.3. The highest BCUT2D eigenvalue weighted by Gasteiger charge is 2.32. The molecule has 0 radical (unpaired) electrons. The number of aromatic nitrogens is 4. The van der Waals surface area contributed by atoms with Gasteiger partial charge in [-0.25, -0.2) is 23.1 Å². The summed E-state index contributed by atoms with van der Waals surface area (Å²) in [5.74, 6) is 2.79. The van der Waals surface area contributed by atoms with Crippen LogP contribution in [-0.4, -0.2) is 72.9 Å². The fourth-order valence-corrected chi connectivity index (χ4v) is 5.10. The summed E-state index contributed by atoms with van der Waals surface area (Å²) in [5.41, 5.74) is 0. The molecule has 164 valence electrons. The first-order valence-electron chi connectivity index (χ1n) is 9.75. The van der Waals surface area contributed by atoms with Crippen molar-refractivity contribution < 1.29 is 17.9 Å². The third kappa shape index (κ3) is 4.19. The van der Waals surface area contributed by atoms with E-state index in [1.54, 1.807) is 23.0 Å². The molecule has 0 aliphatic carbocycles. The molecule has 0 amide bonds. The van der Waals surface area contributed by atoms with Gasteiger partial charge in [0.25, 0.3) is 0 Å². The SMILES string of the molecule is COc1ccc(OC)c(S(=O)(=O)N2CCN(c3cc(-n4cccn4)nc(C)n3)CC2)c1. The van der Waals surface area contributed by atoms with E-state index in [-0.39, 0.29) is 4.90 Å². The predicted octanol–water partition coefficient (Wildman–Crippen LogP) is 1.50. The van der Waals surface area contributed by atoms with Crippen molar-refractivity contribution in [3.63, 3.8) is 0 Å². The largest absolute Gasteiger partial charge is 0.497 e. The molecular formula is C20H24N6O4S. The normalized spacial score (nSPS) is 15.1. The average molecular weight is 445 g/mol. The van der Waals surface area contributed by atoms with E-state index < -0.39 is 10.0 Å². The number of methoxy groups -OCH3 is 2. The van der Waals surface area contributed by atoms with Crippen LogP contribution >= 0.6 is 0 Å². The third-order valence-corrected chi connectivity index (χ3v) is 7.02. The van der Waals surface area contributed by atoms with Crippen molar-refractivity contribution in [2.75, 3.05) is 45.3 Å². The monoisotopic (exact) mass is 444 g/mol. The average Bonchev–Trinajstić information content (AvgIpc) is 3.33. The number of anilines is 1. The zero-order chi connectivity index (χ0) is 22.0. The number of rotatable bonds is 6. The van der Waals surface area contributed by atoms with Gasteiger partial charge < -0.3 is 14.4 Å². The van der Waals surface area contributed by atoms with Crippen LogP contribution < -0.4 is 14.4 Å². The van der Waals surface area contributed by atoms with Crippen molar-refractivity contribution in [1.29, 1.82) is 0 Å². The lowest BCUT2D eigenvalue weighted by Gasteiger charge is -2.35. The van der Waals surface area contributed by atoms with Gasteiger partial charge in [0.2, 0.25) is 10.0 Å². The van der Waals surface area contributed by atoms with E-state index >= 15 is 0 Å². The Kier molecular flexibility index (Phi) is 5.79. The number of hydrogen-bond donors (Lipinski definition) is 0. The van der Waals surface area contributed by atoms with Gasteiger partial charge in [0.15, 0.2) is 5.82 Å². The van der Waals surface area contributed by atoms with Crippen LogP contribution in [0.2, 0.25) is 0 Å². The zero-order valence-corrected chi connectivity index (χ0v) is 18.4. The van der Waals surface area contributed by atoms with Crippen molar-refractivity contribution in [3.8, 4) is 17.3 Å². The molecule has 3 aromatic rings. The molecule has 1 aliphatic rings. The van der Waals surface area contributed by atoms with Crippen molar-refractivity contribution >= 4 is 15.8 Å². The van der Waals surface area contributed by atoms with Gasteiger partial charge in [0, 0.05) is 50.7 Å². The van der Waals surface area contributed by atoms with Gasteiger partial charge in [-0.2, -0.15) is 9.40 Å². The molecule has 3 heterocycles. The van der Waals surface area contributed by atoms with Gasteiger partial charge in [-0.05, 0) is 25.1 Å². The first kappa shape index (κ1) is 21.1. The molecule has 1 aliphatic heterocycles. The Morgan fingerprint density at radius 1 is 0.968 bits per heavy atom. The van der Waals surface area contributed by atoms with Gasteiger partial charge in [-0.15, -0.1) is 0 Å². The minimum atomic E-state index is -3.74. The lowest BCUT2D eigenvalue weighted by Crippen LogP contribution is -2.49. The minimum absolute atomic E-state index is 0.0987. The quantitative estimate of drug-likeness (QED) is 0.564. The van der Waals surface area contributed by atoms with Crippen LogP contribution in [0.4, 0.5) is 5.82 Å². The molecule has 2 aromatic heterocycles. The van der Waals surface area contributed by atoms with E-state index in [2.05, 4.69) is 20.0 Å². The third-order valence-electron chi connectivity index (χ3n) is 5.10. The number of aryl methyl sites for hydroxylation is 1. The summed E-state index contributed by atoms with van der Waals surface area (Å²) in [4.78, 5) is 11.1. The second-order valence-corrected chi connectivity index (χ2v) is 8.90. The van der Waals surface area contributed by atoms with Crippen LogP contribution in [0.5, 0.6) is 11.5 Å². The van der Waals surface area contributed by atoms with E-state index in [9.17, 15) is 8.42 Å². The topological polar surface area (TPSA) is 103 Å². The van der Waals surface area contributed by atoms with E-state index in [0.29, 0.717) is 49.3 Å². The van der Waals surface area contributed by atoms with Crippen LogP contribution in [-0.2, 0) is 10.0 Å². The molecule has 0 bridgehead atoms. The van der Waals surface area contributed by atoms with E-state index in [1.165, 1.54) is 24.6 Å². The number of nitrogens with zero attached hydrogens (tertiary/aromatic N) is 6.